The molecule has 0 radical (unpaired) electrons. The Hall–Kier alpha value is -7.60. The van der Waals surface area contributed by atoms with Gasteiger partial charge in [-0.15, -0.1) is 0 Å². The van der Waals surface area contributed by atoms with Crippen LogP contribution in [0.4, 0.5) is 4.79 Å². The highest BCUT2D eigenvalue weighted by Gasteiger charge is 2.44. The summed E-state index contributed by atoms with van der Waals surface area (Å²) in [7, 11) is 0. The van der Waals surface area contributed by atoms with Gasteiger partial charge >= 0.3 is 6.09 Å². The maximum atomic E-state index is 13.3. The minimum atomic E-state index is -1.04. The van der Waals surface area contributed by atoms with Crippen LogP contribution in [0, 0.1) is 11.8 Å². The number of carbonyl (C=O) groups is 5. The van der Waals surface area contributed by atoms with E-state index in [1.165, 1.54) is 12.1 Å². The summed E-state index contributed by atoms with van der Waals surface area (Å²) in [5.74, 6) is 4.98. The summed E-state index contributed by atoms with van der Waals surface area (Å²) in [6.45, 7) is 5.52. The molecule has 4 aromatic heterocycles. The van der Waals surface area contributed by atoms with Crippen molar-refractivity contribution in [1.29, 1.82) is 0 Å². The maximum Gasteiger partial charge on any atom is 0.419 e. The number of hydrogen-bond donors (Lipinski definition) is 1. The first kappa shape index (κ1) is 38.9. The van der Waals surface area contributed by atoms with Gasteiger partial charge in [0.05, 0.1) is 28.4 Å². The summed E-state index contributed by atoms with van der Waals surface area (Å²) < 4.78 is 25.3. The van der Waals surface area contributed by atoms with Gasteiger partial charge in [-0.1, -0.05) is 18.1 Å². The van der Waals surface area contributed by atoms with E-state index in [1.54, 1.807) is 47.6 Å². The van der Waals surface area contributed by atoms with E-state index in [4.69, 9.17) is 18.9 Å². The van der Waals surface area contributed by atoms with E-state index in [0.717, 1.165) is 37.8 Å². The summed E-state index contributed by atoms with van der Waals surface area (Å²) in [6, 6.07) is 18.5. The number of aromatic nitrogens is 4. The van der Waals surface area contributed by atoms with E-state index in [-0.39, 0.29) is 42.8 Å². The third kappa shape index (κ3) is 7.83. The predicted octanol–water partition coefficient (Wildman–Crippen LogP) is 6.25. The van der Waals surface area contributed by atoms with Crippen LogP contribution in [0.1, 0.15) is 72.9 Å². The lowest BCUT2D eigenvalue weighted by atomic mass is 9.92. The summed E-state index contributed by atoms with van der Waals surface area (Å²) in [4.78, 5) is 77.3. The topological polar surface area (TPSA) is 181 Å². The number of rotatable bonds is 8. The van der Waals surface area contributed by atoms with Crippen LogP contribution < -0.4 is 19.5 Å². The van der Waals surface area contributed by atoms with E-state index in [0.29, 0.717) is 35.9 Å². The molecule has 6 aromatic rings. The van der Waals surface area contributed by atoms with Crippen molar-refractivity contribution in [2.75, 3.05) is 6.61 Å². The van der Waals surface area contributed by atoms with Crippen LogP contribution in [0.2, 0.25) is 0 Å². The molecular formula is C46H38N6O9. The summed E-state index contributed by atoms with van der Waals surface area (Å²) in [5, 5.41) is 3.94. The normalized spacial score (nSPS) is 18.5. The van der Waals surface area contributed by atoms with Gasteiger partial charge < -0.3 is 18.9 Å². The number of carbonyl (C=O) groups excluding carboxylic acids is 5. The van der Waals surface area contributed by atoms with Gasteiger partial charge in [0.25, 0.3) is 11.8 Å². The third-order valence-corrected chi connectivity index (χ3v) is 10.5. The van der Waals surface area contributed by atoms with E-state index in [9.17, 15) is 24.0 Å². The molecular weight excluding hydrogens is 781 g/mol. The molecule has 4 amide bonds. The molecule has 15 nitrogen and oxygen atoms in total. The second kappa shape index (κ2) is 15.5. The number of benzene rings is 2. The Morgan fingerprint density at radius 3 is 2.34 bits per heavy atom. The minimum Gasteiger partial charge on any atom is -0.489 e. The van der Waals surface area contributed by atoms with Crippen LogP contribution in [-0.2, 0) is 14.3 Å². The lowest BCUT2D eigenvalue weighted by molar-refractivity contribution is -0.136. The smallest absolute Gasteiger partial charge is 0.419 e. The van der Waals surface area contributed by atoms with Gasteiger partial charge in [-0.25, -0.2) is 19.3 Å². The molecule has 3 aliphatic rings. The molecule has 2 aromatic carbocycles. The van der Waals surface area contributed by atoms with Crippen molar-refractivity contribution >= 4 is 51.5 Å². The lowest BCUT2D eigenvalue weighted by Crippen LogP contribution is -2.54. The highest BCUT2D eigenvalue weighted by molar-refractivity contribution is 6.23. The van der Waals surface area contributed by atoms with Crippen LogP contribution in [0.25, 0.3) is 32.9 Å². The predicted molar refractivity (Wildman–Crippen MR) is 220 cm³/mol. The fraction of sp³-hybridized carbons (Fsp3) is 0.261. The van der Waals surface area contributed by atoms with E-state index in [1.807, 2.05) is 57.2 Å². The summed E-state index contributed by atoms with van der Waals surface area (Å²) in [5.41, 5.74) is 3.35. The SMILES string of the molecule is CC(C)(C)OC(=O)n1c2ccncc2c2ccc(-c3ccc(OC4CC(Oc5ccc(C#CCOc6ccc7c(c6)C(=O)N([C@@H]6CCC(=O)NC6=O)C7=O)nc5)C4)nc3)cc21. The van der Waals surface area contributed by atoms with Crippen molar-refractivity contribution in [3.63, 3.8) is 0 Å². The molecule has 2 fully saturated rings. The van der Waals surface area contributed by atoms with Crippen LogP contribution >= 0.6 is 0 Å². The molecule has 306 valence electrons. The Morgan fingerprint density at radius 1 is 0.803 bits per heavy atom. The molecule has 6 heterocycles. The monoisotopic (exact) mass is 818 g/mol. The highest BCUT2D eigenvalue weighted by Crippen LogP contribution is 2.35. The average molecular weight is 819 g/mol. The van der Waals surface area contributed by atoms with Gasteiger partial charge in [0.15, 0.2) is 0 Å². The zero-order valence-electron chi connectivity index (χ0n) is 33.3. The molecule has 1 atom stereocenters. The summed E-state index contributed by atoms with van der Waals surface area (Å²) >= 11 is 0. The fourth-order valence-corrected chi connectivity index (χ4v) is 7.55. The molecule has 61 heavy (non-hydrogen) atoms. The number of imide groups is 2. The highest BCUT2D eigenvalue weighted by atomic mass is 16.6. The van der Waals surface area contributed by atoms with Gasteiger partial charge in [-0.3, -0.25) is 34.4 Å². The van der Waals surface area contributed by atoms with Crippen molar-refractivity contribution in [2.24, 2.45) is 0 Å². The van der Waals surface area contributed by atoms with Crippen molar-refractivity contribution in [3.8, 4) is 40.3 Å². The van der Waals surface area contributed by atoms with E-state index < -0.39 is 41.4 Å². The molecule has 9 rings (SSSR count). The van der Waals surface area contributed by atoms with Gasteiger partial charge in [0.2, 0.25) is 17.7 Å². The lowest BCUT2D eigenvalue weighted by Gasteiger charge is -2.34. The first-order valence-corrected chi connectivity index (χ1v) is 19.7. The van der Waals surface area contributed by atoms with Gasteiger partial charge in [-0.2, -0.15) is 0 Å². The Kier molecular flexibility index (Phi) is 9.90. The number of nitrogens with zero attached hydrogens (tertiary/aromatic N) is 5. The molecule has 0 bridgehead atoms. The Balaban J connectivity index is 0.753. The van der Waals surface area contributed by atoms with Crippen LogP contribution in [0.15, 0.2) is 91.5 Å². The Labute approximate surface area is 349 Å². The van der Waals surface area contributed by atoms with Crippen molar-refractivity contribution in [1.82, 2.24) is 29.7 Å². The molecule has 0 unspecified atom stereocenters. The van der Waals surface area contributed by atoms with Crippen molar-refractivity contribution in [2.45, 2.75) is 70.3 Å². The fourth-order valence-electron chi connectivity index (χ4n) is 7.55. The van der Waals surface area contributed by atoms with Crippen LogP contribution in [0.3, 0.4) is 0 Å². The number of fused-ring (bicyclic) bond motifs is 4. The molecule has 1 N–H and O–H groups in total. The van der Waals surface area contributed by atoms with Crippen molar-refractivity contribution < 1.29 is 42.9 Å². The first-order chi connectivity index (χ1) is 29.4. The number of pyridine rings is 3. The quantitative estimate of drug-likeness (QED) is 0.135. The minimum absolute atomic E-state index is 0.00524. The van der Waals surface area contributed by atoms with Gasteiger partial charge in [0, 0.05) is 60.3 Å². The second-order valence-corrected chi connectivity index (χ2v) is 15.9. The van der Waals surface area contributed by atoms with Crippen LogP contribution in [0.5, 0.6) is 17.4 Å². The first-order valence-electron chi connectivity index (χ1n) is 19.7. The molecule has 0 spiro atoms. The third-order valence-electron chi connectivity index (χ3n) is 10.5. The molecule has 1 aliphatic carbocycles. The summed E-state index contributed by atoms with van der Waals surface area (Å²) in [6.07, 6.45) is 7.72. The molecule has 2 aliphatic heterocycles. The van der Waals surface area contributed by atoms with Crippen molar-refractivity contribution in [3.05, 3.63) is 108 Å². The number of ether oxygens (including phenoxy) is 4. The van der Waals surface area contributed by atoms with E-state index >= 15 is 0 Å². The molecule has 15 heteroatoms. The van der Waals surface area contributed by atoms with Gasteiger partial charge in [0.1, 0.15) is 47.7 Å². The second-order valence-electron chi connectivity index (χ2n) is 15.9. The number of piperidine rings is 1. The molecule has 1 saturated carbocycles. The molecule has 1 saturated heterocycles. The zero-order chi connectivity index (χ0) is 42.4. The Morgan fingerprint density at radius 2 is 1.59 bits per heavy atom. The Bertz CT molecular complexity index is 2830. The van der Waals surface area contributed by atoms with Gasteiger partial charge in [-0.05, 0) is 87.2 Å². The number of amides is 4. The zero-order valence-corrected chi connectivity index (χ0v) is 33.3. The number of nitrogens with one attached hydrogen (secondary N) is 1. The standard InChI is InChI=1S/C46H38N6O9/c1-46(2,3)61-45(57)51-37-16-17-47-25-36(37)33-11-6-26(19-39(33)51)27-7-15-41(49-23-27)60-32-20-31(21-32)59-30-9-8-28(48-24-30)5-4-18-58-29-10-12-34-35(22-29)44(56)52(43(34)55)38-13-14-40(53)50-42(38)54/h6-12,15-17,19,22-25,31-32,38H,13-14,18,20-21H2,1-3H3,(H,50,53,54)/t31?,32?,38-/m1/s1. The van der Waals surface area contributed by atoms with Crippen LogP contribution in [-0.4, -0.2) is 84.6 Å². The average Bonchev–Trinajstić information content (AvgIpc) is 3.68. The van der Waals surface area contributed by atoms with E-state index in [2.05, 4.69) is 32.1 Å². The maximum absolute atomic E-state index is 13.3. The largest absolute Gasteiger partial charge is 0.489 e. The number of hydrogen-bond acceptors (Lipinski definition) is 12.